The van der Waals surface area contributed by atoms with Gasteiger partial charge < -0.3 is 15.0 Å². The lowest BCUT2D eigenvalue weighted by Crippen LogP contribution is -2.42. The second-order valence-electron chi connectivity index (χ2n) is 4.43. The molecule has 1 aliphatic heterocycles. The van der Waals surface area contributed by atoms with Gasteiger partial charge in [-0.15, -0.1) is 0 Å². The minimum absolute atomic E-state index is 0.0179. The number of hydrogen-bond acceptors (Lipinski definition) is 5. The number of piperidine rings is 1. The van der Waals surface area contributed by atoms with E-state index in [1.165, 1.54) is 7.11 Å². The number of halogens is 1. The molecular formula is C12H19FN4O. The van der Waals surface area contributed by atoms with E-state index in [-0.39, 0.29) is 5.88 Å². The van der Waals surface area contributed by atoms with Crippen LogP contribution in [0.15, 0.2) is 6.20 Å². The number of anilines is 1. The lowest BCUT2D eigenvalue weighted by atomic mass is 10.1. The Hall–Kier alpha value is -1.43. The van der Waals surface area contributed by atoms with E-state index < -0.39 is 5.82 Å². The van der Waals surface area contributed by atoms with Crippen molar-refractivity contribution in [3.63, 3.8) is 0 Å². The molecule has 0 radical (unpaired) electrons. The molecule has 1 fully saturated rings. The SMILES string of the molecule is CCN1CCC[C@@H](Nc2ncc(F)c(OC)n2)C1. The highest BCUT2D eigenvalue weighted by Crippen LogP contribution is 2.17. The molecule has 1 aliphatic rings. The average molecular weight is 254 g/mol. The summed E-state index contributed by atoms with van der Waals surface area (Å²) < 4.78 is 18.0. The summed E-state index contributed by atoms with van der Waals surface area (Å²) in [7, 11) is 1.40. The largest absolute Gasteiger partial charge is 0.479 e. The predicted molar refractivity (Wildman–Crippen MR) is 67.3 cm³/mol. The summed E-state index contributed by atoms with van der Waals surface area (Å²) in [5.41, 5.74) is 0. The van der Waals surface area contributed by atoms with Gasteiger partial charge in [0.15, 0.2) is 0 Å². The Kier molecular flexibility index (Phi) is 4.30. The molecule has 6 heteroatoms. The summed E-state index contributed by atoms with van der Waals surface area (Å²) >= 11 is 0. The molecule has 18 heavy (non-hydrogen) atoms. The molecule has 1 saturated heterocycles. The molecule has 5 nitrogen and oxygen atoms in total. The zero-order chi connectivity index (χ0) is 13.0. The highest BCUT2D eigenvalue weighted by molar-refractivity contribution is 5.30. The number of rotatable bonds is 4. The average Bonchev–Trinajstić information content (AvgIpc) is 2.41. The smallest absolute Gasteiger partial charge is 0.255 e. The van der Waals surface area contributed by atoms with Crippen molar-refractivity contribution in [2.45, 2.75) is 25.8 Å². The molecule has 100 valence electrons. The van der Waals surface area contributed by atoms with Gasteiger partial charge in [0.25, 0.3) is 5.88 Å². The first-order chi connectivity index (χ1) is 8.72. The van der Waals surface area contributed by atoms with E-state index in [1.54, 1.807) is 0 Å². The maximum absolute atomic E-state index is 13.2. The molecular weight excluding hydrogens is 235 g/mol. The van der Waals surface area contributed by atoms with E-state index in [9.17, 15) is 4.39 Å². The Labute approximate surface area is 106 Å². The van der Waals surface area contributed by atoms with Crippen molar-refractivity contribution in [2.75, 3.05) is 32.1 Å². The molecule has 1 aromatic rings. The van der Waals surface area contributed by atoms with Gasteiger partial charge in [-0.2, -0.15) is 9.37 Å². The first-order valence-electron chi connectivity index (χ1n) is 6.28. The molecule has 0 aromatic carbocycles. The maximum Gasteiger partial charge on any atom is 0.255 e. The van der Waals surface area contributed by atoms with Gasteiger partial charge in [-0.05, 0) is 25.9 Å². The van der Waals surface area contributed by atoms with E-state index in [4.69, 9.17) is 4.74 Å². The van der Waals surface area contributed by atoms with E-state index in [0.29, 0.717) is 12.0 Å². The lowest BCUT2D eigenvalue weighted by molar-refractivity contribution is 0.226. The van der Waals surface area contributed by atoms with Crippen LogP contribution >= 0.6 is 0 Å². The summed E-state index contributed by atoms with van der Waals surface area (Å²) in [6.45, 7) is 5.31. The number of likely N-dealkylation sites (N-methyl/N-ethyl adjacent to an activating group) is 1. The highest BCUT2D eigenvalue weighted by atomic mass is 19.1. The summed E-state index contributed by atoms with van der Waals surface area (Å²) in [4.78, 5) is 10.3. The topological polar surface area (TPSA) is 50.3 Å². The van der Waals surface area contributed by atoms with Crippen LogP contribution in [0.1, 0.15) is 19.8 Å². The fourth-order valence-electron chi connectivity index (χ4n) is 2.21. The Morgan fingerprint density at radius 3 is 3.17 bits per heavy atom. The number of aromatic nitrogens is 2. The highest BCUT2D eigenvalue weighted by Gasteiger charge is 2.19. The lowest BCUT2D eigenvalue weighted by Gasteiger charge is -2.32. The van der Waals surface area contributed by atoms with Gasteiger partial charge in [0, 0.05) is 12.6 Å². The minimum atomic E-state index is -0.540. The van der Waals surface area contributed by atoms with E-state index >= 15 is 0 Å². The Balaban J connectivity index is 2.00. The van der Waals surface area contributed by atoms with Crippen LogP contribution in [0, 0.1) is 5.82 Å². The van der Waals surface area contributed by atoms with Crippen LogP contribution in [0.5, 0.6) is 5.88 Å². The van der Waals surface area contributed by atoms with Gasteiger partial charge in [0.05, 0.1) is 13.3 Å². The summed E-state index contributed by atoms with van der Waals surface area (Å²) in [6, 6.07) is 0.314. The zero-order valence-electron chi connectivity index (χ0n) is 10.8. The maximum atomic E-state index is 13.2. The van der Waals surface area contributed by atoms with Crippen molar-refractivity contribution in [3.8, 4) is 5.88 Å². The second-order valence-corrected chi connectivity index (χ2v) is 4.43. The Morgan fingerprint density at radius 2 is 2.44 bits per heavy atom. The standard InChI is InChI=1S/C12H19FN4O/c1-3-17-6-4-5-9(8-17)15-12-14-7-10(13)11(16-12)18-2/h7,9H,3-6,8H2,1-2H3,(H,14,15,16)/t9-/m1/s1. The number of nitrogens with zero attached hydrogens (tertiary/aromatic N) is 3. The molecule has 2 rings (SSSR count). The third kappa shape index (κ3) is 3.07. The Morgan fingerprint density at radius 1 is 1.61 bits per heavy atom. The predicted octanol–water partition coefficient (Wildman–Crippen LogP) is 1.52. The van der Waals surface area contributed by atoms with E-state index in [0.717, 1.165) is 38.7 Å². The number of nitrogens with one attached hydrogen (secondary N) is 1. The Bertz CT molecular complexity index is 402. The zero-order valence-corrected chi connectivity index (χ0v) is 10.8. The van der Waals surface area contributed by atoms with Crippen LogP contribution in [-0.2, 0) is 0 Å². The quantitative estimate of drug-likeness (QED) is 0.883. The number of hydrogen-bond donors (Lipinski definition) is 1. The van der Waals surface area contributed by atoms with Crippen molar-refractivity contribution in [3.05, 3.63) is 12.0 Å². The molecule has 0 bridgehead atoms. The molecule has 1 N–H and O–H groups in total. The minimum Gasteiger partial charge on any atom is -0.479 e. The normalized spacial score (nSPS) is 20.7. The van der Waals surface area contributed by atoms with E-state index in [1.807, 2.05) is 0 Å². The summed E-state index contributed by atoms with van der Waals surface area (Å²) in [5.74, 6) is -0.131. The van der Waals surface area contributed by atoms with Crippen LogP contribution in [0.2, 0.25) is 0 Å². The van der Waals surface area contributed by atoms with Crippen molar-refractivity contribution in [2.24, 2.45) is 0 Å². The molecule has 0 saturated carbocycles. The van der Waals surface area contributed by atoms with E-state index in [2.05, 4.69) is 27.1 Å². The fraction of sp³-hybridized carbons (Fsp3) is 0.667. The van der Waals surface area contributed by atoms with Gasteiger partial charge in [0.2, 0.25) is 11.8 Å². The first-order valence-corrected chi connectivity index (χ1v) is 6.28. The van der Waals surface area contributed by atoms with Gasteiger partial charge in [-0.1, -0.05) is 6.92 Å². The molecule has 0 amide bonds. The van der Waals surface area contributed by atoms with Crippen LogP contribution in [0.4, 0.5) is 10.3 Å². The van der Waals surface area contributed by atoms with Crippen LogP contribution in [0.3, 0.4) is 0 Å². The third-order valence-corrected chi connectivity index (χ3v) is 3.19. The van der Waals surface area contributed by atoms with Crippen molar-refractivity contribution in [1.29, 1.82) is 0 Å². The van der Waals surface area contributed by atoms with Gasteiger partial charge in [-0.3, -0.25) is 0 Å². The molecule has 0 aliphatic carbocycles. The van der Waals surface area contributed by atoms with Gasteiger partial charge >= 0.3 is 0 Å². The van der Waals surface area contributed by atoms with Crippen LogP contribution in [-0.4, -0.2) is 47.7 Å². The molecule has 0 unspecified atom stereocenters. The second kappa shape index (κ2) is 5.95. The molecule has 1 aromatic heterocycles. The number of likely N-dealkylation sites (tertiary alicyclic amines) is 1. The number of methoxy groups -OCH3 is 1. The molecule has 0 spiro atoms. The van der Waals surface area contributed by atoms with Crippen LogP contribution in [0.25, 0.3) is 0 Å². The molecule has 1 atom stereocenters. The van der Waals surface area contributed by atoms with Gasteiger partial charge in [-0.25, -0.2) is 4.98 Å². The van der Waals surface area contributed by atoms with Gasteiger partial charge in [0.1, 0.15) is 0 Å². The monoisotopic (exact) mass is 254 g/mol. The van der Waals surface area contributed by atoms with Crippen molar-refractivity contribution >= 4 is 5.95 Å². The summed E-state index contributed by atoms with van der Waals surface area (Å²) in [5, 5.41) is 3.24. The number of ether oxygens (including phenoxy) is 1. The summed E-state index contributed by atoms with van der Waals surface area (Å²) in [6.07, 6.45) is 3.37. The first kappa shape index (κ1) is 13.0. The van der Waals surface area contributed by atoms with Crippen molar-refractivity contribution < 1.29 is 9.13 Å². The fourth-order valence-corrected chi connectivity index (χ4v) is 2.21. The molecule has 2 heterocycles. The third-order valence-electron chi connectivity index (χ3n) is 3.19. The van der Waals surface area contributed by atoms with Crippen LogP contribution < -0.4 is 10.1 Å². The van der Waals surface area contributed by atoms with Crippen molar-refractivity contribution in [1.82, 2.24) is 14.9 Å².